The number of aromatic nitrogens is 3. The molecule has 0 spiro atoms. The van der Waals surface area contributed by atoms with E-state index >= 15 is 0 Å². The van der Waals surface area contributed by atoms with Gasteiger partial charge in [0.05, 0.1) is 6.54 Å². The third-order valence-electron chi connectivity index (χ3n) is 3.72. The Morgan fingerprint density at radius 2 is 2.14 bits per heavy atom. The molecule has 22 heavy (non-hydrogen) atoms. The van der Waals surface area contributed by atoms with Crippen molar-refractivity contribution >= 4 is 5.96 Å². The first-order valence-corrected chi connectivity index (χ1v) is 8.28. The Labute approximate surface area is 132 Å². The van der Waals surface area contributed by atoms with Crippen LogP contribution in [0.5, 0.6) is 0 Å². The van der Waals surface area contributed by atoms with E-state index < -0.39 is 0 Å². The van der Waals surface area contributed by atoms with Crippen molar-refractivity contribution in [3.8, 4) is 0 Å². The quantitative estimate of drug-likeness (QED) is 0.406. The molecule has 1 aromatic heterocycles. The molecule has 0 aromatic carbocycles. The molecular weight excluding hydrogens is 280 g/mol. The second-order valence-corrected chi connectivity index (χ2v) is 5.46. The molecular formula is C15H28N6O. The second-order valence-electron chi connectivity index (χ2n) is 5.46. The Morgan fingerprint density at radius 3 is 2.95 bits per heavy atom. The molecule has 0 atom stereocenters. The van der Waals surface area contributed by atoms with Gasteiger partial charge in [0, 0.05) is 39.8 Å². The van der Waals surface area contributed by atoms with E-state index in [-0.39, 0.29) is 0 Å². The minimum Gasteiger partial charge on any atom is -0.381 e. The van der Waals surface area contributed by atoms with Gasteiger partial charge in [-0.15, -0.1) is 10.2 Å². The Bertz CT molecular complexity index is 471. The number of unbranched alkanes of at least 4 members (excludes halogenated alkanes) is 1. The predicted molar refractivity (Wildman–Crippen MR) is 86.9 cm³/mol. The van der Waals surface area contributed by atoms with E-state index in [9.17, 15) is 0 Å². The van der Waals surface area contributed by atoms with Crippen LogP contribution in [0.15, 0.2) is 4.99 Å². The zero-order valence-corrected chi connectivity index (χ0v) is 13.8. The molecule has 1 aliphatic heterocycles. The maximum absolute atomic E-state index is 5.54. The fourth-order valence-corrected chi connectivity index (χ4v) is 2.45. The number of aryl methyl sites for hydroxylation is 1. The van der Waals surface area contributed by atoms with Gasteiger partial charge in [-0.25, -0.2) is 0 Å². The van der Waals surface area contributed by atoms with E-state index in [4.69, 9.17) is 4.74 Å². The van der Waals surface area contributed by atoms with Crippen molar-refractivity contribution in [2.24, 2.45) is 4.99 Å². The highest BCUT2D eigenvalue weighted by Gasteiger charge is 2.16. The van der Waals surface area contributed by atoms with E-state index in [0.29, 0.717) is 6.54 Å². The lowest BCUT2D eigenvalue weighted by atomic mass is 10.4. The van der Waals surface area contributed by atoms with Crippen molar-refractivity contribution in [3.05, 3.63) is 11.6 Å². The number of aliphatic imine (C=N–C) groups is 1. The zero-order chi connectivity index (χ0) is 15.6. The average molecular weight is 308 g/mol. The number of rotatable bonds is 9. The minimum atomic E-state index is 0.652. The van der Waals surface area contributed by atoms with E-state index in [1.54, 1.807) is 7.05 Å². The molecule has 1 aromatic rings. The van der Waals surface area contributed by atoms with Gasteiger partial charge >= 0.3 is 0 Å². The highest BCUT2D eigenvalue weighted by Crippen LogP contribution is 2.13. The molecule has 0 bridgehead atoms. The summed E-state index contributed by atoms with van der Waals surface area (Å²) >= 11 is 0. The van der Waals surface area contributed by atoms with Crippen molar-refractivity contribution in [2.75, 3.05) is 26.8 Å². The molecule has 1 aliphatic rings. The predicted octanol–water partition coefficient (Wildman–Crippen LogP) is 1.10. The van der Waals surface area contributed by atoms with Crippen molar-refractivity contribution in [3.63, 3.8) is 0 Å². The number of hydrogen-bond donors (Lipinski definition) is 2. The Balaban J connectivity index is 1.61. The molecule has 0 amide bonds. The Morgan fingerprint density at radius 1 is 1.27 bits per heavy atom. The van der Waals surface area contributed by atoms with Crippen LogP contribution in [-0.2, 0) is 24.2 Å². The van der Waals surface area contributed by atoms with E-state index in [2.05, 4.69) is 37.3 Å². The molecule has 0 unspecified atom stereocenters. The van der Waals surface area contributed by atoms with Crippen molar-refractivity contribution < 1.29 is 4.74 Å². The normalized spacial score (nSPS) is 14.2. The molecule has 2 heterocycles. The largest absolute Gasteiger partial charge is 0.381 e. The molecule has 7 heteroatoms. The highest BCUT2D eigenvalue weighted by atomic mass is 16.5. The molecule has 2 rings (SSSR count). The Hall–Kier alpha value is -1.63. The van der Waals surface area contributed by atoms with Crippen LogP contribution in [0.4, 0.5) is 0 Å². The fourth-order valence-electron chi connectivity index (χ4n) is 2.45. The van der Waals surface area contributed by atoms with Crippen molar-refractivity contribution in [2.45, 2.75) is 52.1 Å². The number of nitrogens with one attached hydrogen (secondary N) is 2. The van der Waals surface area contributed by atoms with Gasteiger partial charge in [0.2, 0.25) is 0 Å². The smallest absolute Gasteiger partial charge is 0.191 e. The lowest BCUT2D eigenvalue weighted by Gasteiger charge is -2.12. The summed E-state index contributed by atoms with van der Waals surface area (Å²) in [5.74, 6) is 2.88. The SMILES string of the molecule is CCCCOCCCNC(=NC)NCc1nnc2n1CCC2. The summed E-state index contributed by atoms with van der Waals surface area (Å²) < 4.78 is 7.73. The highest BCUT2D eigenvalue weighted by molar-refractivity contribution is 5.79. The standard InChI is InChI=1S/C15H28N6O/c1-3-4-10-22-11-6-8-17-15(16-2)18-12-14-20-19-13-7-5-9-21(13)14/h3-12H2,1-2H3,(H2,16,17,18). The summed E-state index contributed by atoms with van der Waals surface area (Å²) in [4.78, 5) is 4.22. The summed E-state index contributed by atoms with van der Waals surface area (Å²) in [6.07, 6.45) is 5.51. The monoisotopic (exact) mass is 308 g/mol. The van der Waals surface area contributed by atoms with Crippen LogP contribution < -0.4 is 10.6 Å². The van der Waals surface area contributed by atoms with Crippen LogP contribution in [0.2, 0.25) is 0 Å². The van der Waals surface area contributed by atoms with E-state index in [1.165, 1.54) is 12.8 Å². The zero-order valence-electron chi connectivity index (χ0n) is 13.8. The maximum atomic E-state index is 5.54. The van der Waals surface area contributed by atoms with Gasteiger partial charge in [0.25, 0.3) is 0 Å². The van der Waals surface area contributed by atoms with E-state index in [0.717, 1.165) is 63.2 Å². The first-order chi connectivity index (χ1) is 10.8. The first-order valence-electron chi connectivity index (χ1n) is 8.28. The van der Waals surface area contributed by atoms with E-state index in [1.807, 2.05) is 0 Å². The van der Waals surface area contributed by atoms with Crippen LogP contribution in [0, 0.1) is 0 Å². The first kappa shape index (κ1) is 16.7. The number of hydrogen-bond acceptors (Lipinski definition) is 4. The lowest BCUT2D eigenvalue weighted by molar-refractivity contribution is 0.129. The van der Waals surface area contributed by atoms with Gasteiger partial charge in [0.1, 0.15) is 5.82 Å². The summed E-state index contributed by atoms with van der Waals surface area (Å²) in [5.41, 5.74) is 0. The summed E-state index contributed by atoms with van der Waals surface area (Å²) in [6, 6.07) is 0. The van der Waals surface area contributed by atoms with Crippen LogP contribution in [0.25, 0.3) is 0 Å². The van der Waals surface area contributed by atoms with Crippen LogP contribution in [0.1, 0.15) is 44.3 Å². The summed E-state index contributed by atoms with van der Waals surface area (Å²) in [5, 5.41) is 15.0. The molecule has 0 saturated carbocycles. The van der Waals surface area contributed by atoms with Crippen LogP contribution in [0.3, 0.4) is 0 Å². The molecule has 2 N–H and O–H groups in total. The molecule has 0 radical (unpaired) electrons. The van der Waals surface area contributed by atoms with Gasteiger partial charge in [-0.05, 0) is 19.3 Å². The molecule has 124 valence electrons. The number of nitrogens with zero attached hydrogens (tertiary/aromatic N) is 4. The van der Waals surface area contributed by atoms with Gasteiger partial charge in [0.15, 0.2) is 11.8 Å². The van der Waals surface area contributed by atoms with Crippen molar-refractivity contribution in [1.82, 2.24) is 25.4 Å². The van der Waals surface area contributed by atoms with Crippen molar-refractivity contribution in [1.29, 1.82) is 0 Å². The van der Waals surface area contributed by atoms with Crippen LogP contribution >= 0.6 is 0 Å². The second kappa shape index (κ2) is 9.40. The molecule has 0 saturated heterocycles. The minimum absolute atomic E-state index is 0.652. The summed E-state index contributed by atoms with van der Waals surface area (Å²) in [7, 11) is 1.78. The number of ether oxygens (including phenoxy) is 1. The fraction of sp³-hybridized carbons (Fsp3) is 0.800. The van der Waals surface area contributed by atoms with Crippen LogP contribution in [-0.4, -0.2) is 47.5 Å². The lowest BCUT2D eigenvalue weighted by Crippen LogP contribution is -2.38. The molecule has 7 nitrogen and oxygen atoms in total. The van der Waals surface area contributed by atoms with Gasteiger partial charge in [-0.1, -0.05) is 13.3 Å². The molecule has 0 fully saturated rings. The Kier molecular flexibility index (Phi) is 7.15. The van der Waals surface area contributed by atoms with Gasteiger partial charge in [-0.3, -0.25) is 4.99 Å². The summed E-state index contributed by atoms with van der Waals surface area (Å²) in [6.45, 7) is 6.36. The number of fused-ring (bicyclic) bond motifs is 1. The third-order valence-corrected chi connectivity index (χ3v) is 3.72. The van der Waals surface area contributed by atoms with Gasteiger partial charge in [-0.2, -0.15) is 0 Å². The topological polar surface area (TPSA) is 76.4 Å². The average Bonchev–Trinajstić information content (AvgIpc) is 3.13. The number of guanidine groups is 1. The maximum Gasteiger partial charge on any atom is 0.191 e. The molecule has 0 aliphatic carbocycles. The van der Waals surface area contributed by atoms with Gasteiger partial charge < -0.3 is 19.9 Å². The third kappa shape index (κ3) is 4.98.